The van der Waals surface area contributed by atoms with E-state index in [1.165, 1.54) is 32.5 Å². The monoisotopic (exact) mass is 223 g/mol. The smallest absolute Gasteiger partial charge is 0.0357 e. The first-order valence-electron chi connectivity index (χ1n) is 6.59. The number of allylic oxidation sites excluding steroid dienone is 1. The van der Waals surface area contributed by atoms with Crippen LogP contribution in [0.25, 0.3) is 0 Å². The third kappa shape index (κ3) is 2.31. The number of fused-ring (bicyclic) bond motifs is 2. The number of piperidine rings is 1. The van der Waals surface area contributed by atoms with E-state index in [2.05, 4.69) is 29.3 Å². The summed E-state index contributed by atoms with van der Waals surface area (Å²) >= 11 is 0. The molecular formula is C13H25N3. The molecule has 0 radical (unpaired) electrons. The van der Waals surface area contributed by atoms with Crippen LogP contribution in [-0.2, 0) is 0 Å². The molecule has 2 heterocycles. The molecule has 0 aromatic heterocycles. The molecule has 3 nitrogen and oxygen atoms in total. The third-order valence-corrected chi connectivity index (χ3v) is 4.32. The number of rotatable bonds is 5. The second-order valence-corrected chi connectivity index (χ2v) is 5.18. The van der Waals surface area contributed by atoms with Crippen molar-refractivity contribution in [1.29, 1.82) is 0 Å². The molecule has 0 aliphatic carbocycles. The standard InChI is InChI=1S/C13H25N3/c1-2-3-4-7-15-13(11-14)6-9-16-8-5-12(13)10-16/h2-3,12,15H,4-11,14H2,1H3/b3-2+. The number of hydrogen-bond acceptors (Lipinski definition) is 3. The van der Waals surface area contributed by atoms with Crippen LogP contribution < -0.4 is 11.1 Å². The fourth-order valence-electron chi connectivity index (χ4n) is 3.19. The Labute approximate surface area is 99.1 Å². The van der Waals surface area contributed by atoms with Crippen LogP contribution in [0.2, 0.25) is 0 Å². The average molecular weight is 223 g/mol. The maximum atomic E-state index is 6.04. The molecule has 0 aromatic carbocycles. The highest BCUT2D eigenvalue weighted by Gasteiger charge is 2.44. The van der Waals surface area contributed by atoms with Crippen LogP contribution >= 0.6 is 0 Å². The van der Waals surface area contributed by atoms with Gasteiger partial charge in [-0.1, -0.05) is 12.2 Å². The van der Waals surface area contributed by atoms with E-state index in [1.807, 2.05) is 0 Å². The molecule has 2 fully saturated rings. The van der Waals surface area contributed by atoms with E-state index in [0.717, 1.165) is 25.4 Å². The van der Waals surface area contributed by atoms with Gasteiger partial charge in [0.25, 0.3) is 0 Å². The van der Waals surface area contributed by atoms with Crippen LogP contribution in [0.3, 0.4) is 0 Å². The molecule has 2 aliphatic rings. The SMILES string of the molecule is C/C=C/CCNC1(CN)CCN2CCC1C2. The molecule has 2 rings (SSSR count). The second kappa shape index (κ2) is 5.30. The molecular weight excluding hydrogens is 198 g/mol. The predicted molar refractivity (Wildman–Crippen MR) is 68.4 cm³/mol. The van der Waals surface area contributed by atoms with Crippen molar-refractivity contribution in [3.63, 3.8) is 0 Å². The van der Waals surface area contributed by atoms with E-state index in [1.54, 1.807) is 0 Å². The van der Waals surface area contributed by atoms with Gasteiger partial charge in [-0.3, -0.25) is 0 Å². The number of nitrogens with one attached hydrogen (secondary N) is 1. The van der Waals surface area contributed by atoms with Gasteiger partial charge in [0.05, 0.1) is 0 Å². The summed E-state index contributed by atoms with van der Waals surface area (Å²) in [5, 5.41) is 3.74. The molecule has 0 spiro atoms. The van der Waals surface area contributed by atoms with Crippen LogP contribution in [0.5, 0.6) is 0 Å². The molecule has 2 saturated heterocycles. The molecule has 3 atom stereocenters. The zero-order valence-electron chi connectivity index (χ0n) is 10.4. The summed E-state index contributed by atoms with van der Waals surface area (Å²) in [7, 11) is 0. The summed E-state index contributed by atoms with van der Waals surface area (Å²) in [6, 6.07) is 0. The predicted octanol–water partition coefficient (Wildman–Crippen LogP) is 0.965. The first kappa shape index (κ1) is 12.1. The minimum atomic E-state index is 0.231. The highest BCUT2D eigenvalue weighted by Crippen LogP contribution is 2.34. The van der Waals surface area contributed by atoms with Crippen molar-refractivity contribution in [1.82, 2.24) is 10.2 Å². The summed E-state index contributed by atoms with van der Waals surface area (Å²) in [6.07, 6.45) is 8.02. The van der Waals surface area contributed by atoms with Crippen LogP contribution in [0, 0.1) is 5.92 Å². The lowest BCUT2D eigenvalue weighted by molar-refractivity contribution is 0.137. The van der Waals surface area contributed by atoms with Crippen molar-refractivity contribution in [3.05, 3.63) is 12.2 Å². The molecule has 3 unspecified atom stereocenters. The molecule has 2 aliphatic heterocycles. The highest BCUT2D eigenvalue weighted by molar-refractivity contribution is 5.04. The van der Waals surface area contributed by atoms with Crippen molar-refractivity contribution < 1.29 is 0 Å². The van der Waals surface area contributed by atoms with E-state index in [-0.39, 0.29) is 5.54 Å². The zero-order chi connectivity index (χ0) is 11.4. The number of nitrogens with two attached hydrogens (primary N) is 1. The second-order valence-electron chi connectivity index (χ2n) is 5.18. The summed E-state index contributed by atoms with van der Waals surface area (Å²) < 4.78 is 0. The van der Waals surface area contributed by atoms with E-state index in [9.17, 15) is 0 Å². The van der Waals surface area contributed by atoms with Gasteiger partial charge in [-0.2, -0.15) is 0 Å². The van der Waals surface area contributed by atoms with Gasteiger partial charge in [-0.15, -0.1) is 0 Å². The fourth-order valence-corrected chi connectivity index (χ4v) is 3.19. The van der Waals surface area contributed by atoms with Gasteiger partial charge in [0.2, 0.25) is 0 Å². The van der Waals surface area contributed by atoms with Gasteiger partial charge in [0, 0.05) is 18.6 Å². The van der Waals surface area contributed by atoms with Crippen molar-refractivity contribution >= 4 is 0 Å². The first-order chi connectivity index (χ1) is 7.80. The first-order valence-corrected chi connectivity index (χ1v) is 6.59. The molecule has 3 N–H and O–H groups in total. The fraction of sp³-hybridized carbons (Fsp3) is 0.846. The quantitative estimate of drug-likeness (QED) is 0.539. The molecule has 2 bridgehead atoms. The summed E-state index contributed by atoms with van der Waals surface area (Å²) in [5.74, 6) is 0.775. The maximum absolute atomic E-state index is 6.04. The molecule has 92 valence electrons. The highest BCUT2D eigenvalue weighted by atomic mass is 15.2. The average Bonchev–Trinajstić information content (AvgIpc) is 2.73. The van der Waals surface area contributed by atoms with Gasteiger partial charge >= 0.3 is 0 Å². The third-order valence-electron chi connectivity index (χ3n) is 4.32. The normalized spacial score (nSPS) is 38.4. The minimum Gasteiger partial charge on any atom is -0.329 e. The number of nitrogens with zero attached hydrogens (tertiary/aromatic N) is 1. The van der Waals surface area contributed by atoms with E-state index >= 15 is 0 Å². The Kier molecular flexibility index (Phi) is 4.00. The zero-order valence-corrected chi connectivity index (χ0v) is 10.4. The van der Waals surface area contributed by atoms with Crippen LogP contribution in [0.1, 0.15) is 26.2 Å². The van der Waals surface area contributed by atoms with Gasteiger partial charge in [0.1, 0.15) is 0 Å². The maximum Gasteiger partial charge on any atom is 0.0357 e. The lowest BCUT2D eigenvalue weighted by Gasteiger charge is -2.43. The van der Waals surface area contributed by atoms with Crippen LogP contribution in [-0.4, -0.2) is 43.2 Å². The lowest BCUT2D eigenvalue weighted by atomic mass is 9.78. The Morgan fingerprint density at radius 2 is 2.38 bits per heavy atom. The number of hydrogen-bond donors (Lipinski definition) is 2. The van der Waals surface area contributed by atoms with E-state index in [4.69, 9.17) is 5.73 Å². The van der Waals surface area contributed by atoms with E-state index in [0.29, 0.717) is 0 Å². The molecule has 0 saturated carbocycles. The van der Waals surface area contributed by atoms with Gasteiger partial charge in [-0.25, -0.2) is 0 Å². The Balaban J connectivity index is 1.90. The summed E-state index contributed by atoms with van der Waals surface area (Å²) in [4.78, 5) is 2.58. The largest absolute Gasteiger partial charge is 0.329 e. The molecule has 16 heavy (non-hydrogen) atoms. The Morgan fingerprint density at radius 3 is 3.12 bits per heavy atom. The van der Waals surface area contributed by atoms with Crippen molar-refractivity contribution in [2.24, 2.45) is 11.7 Å². The Hall–Kier alpha value is -0.380. The molecule has 0 amide bonds. The van der Waals surface area contributed by atoms with Crippen molar-refractivity contribution in [3.8, 4) is 0 Å². The summed E-state index contributed by atoms with van der Waals surface area (Å²) in [6.45, 7) is 7.70. The van der Waals surface area contributed by atoms with E-state index < -0.39 is 0 Å². The van der Waals surface area contributed by atoms with Crippen LogP contribution in [0.15, 0.2) is 12.2 Å². The Bertz CT molecular complexity index is 252. The van der Waals surface area contributed by atoms with Crippen molar-refractivity contribution in [2.45, 2.75) is 31.7 Å². The van der Waals surface area contributed by atoms with Crippen molar-refractivity contribution in [2.75, 3.05) is 32.7 Å². The topological polar surface area (TPSA) is 41.3 Å². The molecule has 3 heteroatoms. The summed E-state index contributed by atoms with van der Waals surface area (Å²) in [5.41, 5.74) is 6.27. The Morgan fingerprint density at radius 1 is 1.50 bits per heavy atom. The van der Waals surface area contributed by atoms with Gasteiger partial charge in [-0.05, 0) is 51.7 Å². The molecule has 0 aromatic rings. The van der Waals surface area contributed by atoms with Gasteiger partial charge in [0.15, 0.2) is 0 Å². The van der Waals surface area contributed by atoms with Crippen LogP contribution in [0.4, 0.5) is 0 Å². The minimum absolute atomic E-state index is 0.231. The lowest BCUT2D eigenvalue weighted by Crippen LogP contribution is -2.60. The van der Waals surface area contributed by atoms with Gasteiger partial charge < -0.3 is 16.0 Å².